The first-order valence-electron chi connectivity index (χ1n) is 8.98. The van der Waals surface area contributed by atoms with Crippen LogP contribution in [-0.2, 0) is 4.79 Å². The molecule has 28 heavy (non-hydrogen) atoms. The highest BCUT2D eigenvalue weighted by Gasteiger charge is 2.27. The van der Waals surface area contributed by atoms with Crippen LogP contribution in [-0.4, -0.2) is 43.8 Å². The van der Waals surface area contributed by atoms with Crippen molar-refractivity contribution in [3.63, 3.8) is 0 Å². The number of aromatic nitrogens is 4. The Morgan fingerprint density at radius 1 is 1.29 bits per heavy atom. The Labute approximate surface area is 171 Å². The summed E-state index contributed by atoms with van der Waals surface area (Å²) in [7, 11) is 0. The molecule has 4 heterocycles. The predicted molar refractivity (Wildman–Crippen MR) is 112 cm³/mol. The Kier molecular flexibility index (Phi) is 5.45. The third kappa shape index (κ3) is 4.42. The van der Waals surface area contributed by atoms with Gasteiger partial charge in [-0.25, -0.2) is 19.9 Å². The van der Waals surface area contributed by atoms with Crippen molar-refractivity contribution in [1.82, 2.24) is 24.8 Å². The van der Waals surface area contributed by atoms with Crippen LogP contribution in [0.3, 0.4) is 0 Å². The summed E-state index contributed by atoms with van der Waals surface area (Å²) in [6, 6.07) is 1.96. The largest absolute Gasteiger partial charge is 0.338 e. The Bertz CT molecular complexity index is 998. The monoisotopic (exact) mass is 412 g/mol. The molecule has 7 nitrogen and oxygen atoms in total. The van der Waals surface area contributed by atoms with Gasteiger partial charge in [-0.15, -0.1) is 22.7 Å². The van der Waals surface area contributed by atoms with E-state index in [1.165, 1.54) is 11.3 Å². The molecule has 1 N–H and O–H groups in total. The molecule has 4 rings (SSSR count). The van der Waals surface area contributed by atoms with E-state index in [1.807, 2.05) is 35.6 Å². The van der Waals surface area contributed by atoms with Crippen molar-refractivity contribution in [2.24, 2.45) is 0 Å². The molecule has 1 amide bonds. The van der Waals surface area contributed by atoms with Crippen LogP contribution < -0.4 is 5.32 Å². The predicted octanol–water partition coefficient (Wildman–Crippen LogP) is 3.78. The number of anilines is 2. The molecule has 1 aliphatic rings. The zero-order chi connectivity index (χ0) is 19.5. The molecule has 0 aromatic carbocycles. The molecule has 0 saturated carbocycles. The second-order valence-corrected chi connectivity index (χ2v) is 8.54. The van der Waals surface area contributed by atoms with E-state index in [9.17, 15) is 4.79 Å². The van der Waals surface area contributed by atoms with Crippen molar-refractivity contribution in [1.29, 1.82) is 0 Å². The third-order valence-corrected chi connectivity index (χ3v) is 5.96. The molecule has 0 bridgehead atoms. The number of carbonyl (C=O) groups is 1. The second-order valence-electron chi connectivity index (χ2n) is 6.58. The Balaban J connectivity index is 1.42. The van der Waals surface area contributed by atoms with Crippen molar-refractivity contribution < 1.29 is 4.79 Å². The summed E-state index contributed by atoms with van der Waals surface area (Å²) in [5, 5.41) is 8.88. The van der Waals surface area contributed by atoms with Gasteiger partial charge in [0.2, 0.25) is 5.91 Å². The highest BCUT2D eigenvalue weighted by molar-refractivity contribution is 7.13. The number of rotatable bonds is 5. The second kappa shape index (κ2) is 8.15. The molecule has 1 saturated heterocycles. The van der Waals surface area contributed by atoms with Crippen molar-refractivity contribution in [2.75, 3.05) is 18.4 Å². The number of hydrogen-bond donors (Lipinski definition) is 1. The highest BCUT2D eigenvalue weighted by atomic mass is 32.1. The fourth-order valence-electron chi connectivity index (χ4n) is 3.18. The average Bonchev–Trinajstić information content (AvgIpc) is 3.41. The lowest BCUT2D eigenvalue weighted by atomic mass is 10.0. The van der Waals surface area contributed by atoms with Gasteiger partial charge >= 0.3 is 0 Å². The molecule has 144 valence electrons. The maximum absolute atomic E-state index is 12.5. The molecule has 9 heteroatoms. The molecule has 1 atom stereocenters. The first kappa shape index (κ1) is 18.7. The van der Waals surface area contributed by atoms with Crippen molar-refractivity contribution >= 4 is 45.6 Å². The summed E-state index contributed by atoms with van der Waals surface area (Å²) in [6.45, 7) is 5.22. The fraction of sp³-hybridized carbons (Fsp3) is 0.316. The SMILES string of the molecule is Cc1nc(Nc2nccs2)cc([C@H]2CCN(C(=O)/C=C/c3csc(C)n3)C2)n1. The van der Waals surface area contributed by atoms with E-state index in [2.05, 4.69) is 25.3 Å². The minimum Gasteiger partial charge on any atom is -0.338 e. The van der Waals surface area contributed by atoms with E-state index < -0.39 is 0 Å². The van der Waals surface area contributed by atoms with E-state index in [0.29, 0.717) is 12.4 Å². The van der Waals surface area contributed by atoms with E-state index in [4.69, 9.17) is 0 Å². The van der Waals surface area contributed by atoms with Gasteiger partial charge in [-0.3, -0.25) is 4.79 Å². The number of aryl methyl sites for hydroxylation is 2. The van der Waals surface area contributed by atoms with Crippen LogP contribution in [0.5, 0.6) is 0 Å². The molecule has 1 fully saturated rings. The van der Waals surface area contributed by atoms with Crippen LogP contribution in [0, 0.1) is 13.8 Å². The lowest BCUT2D eigenvalue weighted by molar-refractivity contribution is -0.124. The van der Waals surface area contributed by atoms with Crippen LogP contribution in [0.15, 0.2) is 29.1 Å². The maximum atomic E-state index is 12.5. The van der Waals surface area contributed by atoms with Gasteiger partial charge in [0.25, 0.3) is 0 Å². The lowest BCUT2D eigenvalue weighted by Gasteiger charge is -2.15. The number of nitrogens with zero attached hydrogens (tertiary/aromatic N) is 5. The van der Waals surface area contributed by atoms with Crippen molar-refractivity contribution in [3.8, 4) is 0 Å². The smallest absolute Gasteiger partial charge is 0.246 e. The summed E-state index contributed by atoms with van der Waals surface area (Å²) in [4.78, 5) is 32.0. The average molecular weight is 413 g/mol. The van der Waals surface area contributed by atoms with Gasteiger partial charge in [-0.05, 0) is 26.3 Å². The minimum absolute atomic E-state index is 0.0139. The molecule has 0 radical (unpaired) electrons. The number of likely N-dealkylation sites (tertiary alicyclic amines) is 1. The first-order valence-corrected chi connectivity index (χ1v) is 10.7. The molecule has 0 aliphatic carbocycles. The van der Waals surface area contributed by atoms with E-state index in [0.717, 1.165) is 40.3 Å². The normalized spacial score (nSPS) is 16.8. The van der Waals surface area contributed by atoms with Gasteiger partial charge in [-0.1, -0.05) is 0 Å². The minimum atomic E-state index is 0.0139. The highest BCUT2D eigenvalue weighted by Crippen LogP contribution is 2.28. The maximum Gasteiger partial charge on any atom is 0.246 e. The van der Waals surface area contributed by atoms with E-state index >= 15 is 0 Å². The Morgan fingerprint density at radius 3 is 2.93 bits per heavy atom. The molecule has 3 aromatic rings. The summed E-state index contributed by atoms with van der Waals surface area (Å²) in [5.41, 5.74) is 1.79. The van der Waals surface area contributed by atoms with E-state index in [-0.39, 0.29) is 11.8 Å². The Morgan fingerprint density at radius 2 is 2.18 bits per heavy atom. The standard InChI is InChI=1S/C19H20N6OS2/c1-12-21-16(9-17(22-12)24-19-20-6-8-27-19)14-5-7-25(10-14)18(26)4-3-15-11-28-13(2)23-15/h3-4,6,8-9,11,14H,5,7,10H2,1-2H3,(H,20,21,22,24)/b4-3+/t14-/m0/s1. The Hall–Kier alpha value is -2.65. The van der Waals surface area contributed by atoms with Crippen LogP contribution >= 0.6 is 22.7 Å². The van der Waals surface area contributed by atoms with Crippen molar-refractivity contribution in [3.05, 3.63) is 51.3 Å². The zero-order valence-corrected chi connectivity index (χ0v) is 17.3. The quantitative estimate of drug-likeness (QED) is 0.642. The molecule has 3 aromatic heterocycles. The number of amides is 1. The molecular formula is C19H20N6OS2. The molecular weight excluding hydrogens is 392 g/mol. The molecule has 1 aliphatic heterocycles. The molecule has 0 spiro atoms. The van der Waals surface area contributed by atoms with Crippen LogP contribution in [0.1, 0.15) is 34.6 Å². The van der Waals surface area contributed by atoms with Crippen LogP contribution in [0.2, 0.25) is 0 Å². The summed E-state index contributed by atoms with van der Waals surface area (Å²) >= 11 is 3.10. The summed E-state index contributed by atoms with van der Waals surface area (Å²) < 4.78 is 0. The number of thiazole rings is 2. The van der Waals surface area contributed by atoms with Crippen LogP contribution in [0.4, 0.5) is 10.9 Å². The number of carbonyl (C=O) groups excluding carboxylic acids is 1. The van der Waals surface area contributed by atoms with Crippen LogP contribution in [0.25, 0.3) is 6.08 Å². The number of hydrogen-bond acceptors (Lipinski definition) is 8. The molecule has 0 unspecified atom stereocenters. The van der Waals surface area contributed by atoms with Gasteiger partial charge in [-0.2, -0.15) is 0 Å². The summed E-state index contributed by atoms with van der Waals surface area (Å²) in [6.07, 6.45) is 6.03. The van der Waals surface area contributed by atoms with Gasteiger partial charge in [0.15, 0.2) is 5.13 Å². The fourth-order valence-corrected chi connectivity index (χ4v) is 4.30. The topological polar surface area (TPSA) is 83.9 Å². The van der Waals surface area contributed by atoms with Gasteiger partial charge in [0.05, 0.1) is 16.4 Å². The van der Waals surface area contributed by atoms with Crippen molar-refractivity contribution in [2.45, 2.75) is 26.2 Å². The lowest BCUT2D eigenvalue weighted by Crippen LogP contribution is -2.26. The van der Waals surface area contributed by atoms with Gasteiger partial charge in [0.1, 0.15) is 11.6 Å². The zero-order valence-electron chi connectivity index (χ0n) is 15.6. The summed E-state index contributed by atoms with van der Waals surface area (Å²) in [5.74, 6) is 1.67. The van der Waals surface area contributed by atoms with E-state index in [1.54, 1.807) is 29.7 Å². The number of nitrogens with one attached hydrogen (secondary N) is 1. The van der Waals surface area contributed by atoms with Gasteiger partial charge in [0, 0.05) is 48.1 Å². The third-order valence-electron chi connectivity index (χ3n) is 4.48. The first-order chi connectivity index (χ1) is 13.6. The van der Waals surface area contributed by atoms with Gasteiger partial charge < -0.3 is 10.2 Å².